The van der Waals surface area contributed by atoms with E-state index >= 15 is 0 Å². The van der Waals surface area contributed by atoms with Gasteiger partial charge in [0.05, 0.1) is 24.0 Å². The van der Waals surface area contributed by atoms with Crippen LogP contribution in [0.25, 0.3) is 11.0 Å². The van der Waals surface area contributed by atoms with Crippen LogP contribution in [0.15, 0.2) is 48.5 Å². The Bertz CT molecular complexity index is 1120. The summed E-state index contributed by atoms with van der Waals surface area (Å²) >= 11 is 0. The molecule has 0 radical (unpaired) electrons. The number of carbonyl (C=O) groups excluding carboxylic acids is 3. The second-order valence-electron chi connectivity index (χ2n) is 8.18. The molecule has 3 N–H and O–H groups in total. The largest absolute Gasteiger partial charge is 0.342 e. The van der Waals surface area contributed by atoms with Crippen LogP contribution in [-0.4, -0.2) is 38.8 Å². The summed E-state index contributed by atoms with van der Waals surface area (Å²) in [4.78, 5) is 46.3. The highest BCUT2D eigenvalue weighted by atomic mass is 16.2. The molecule has 2 aromatic carbocycles. The molecule has 3 aromatic rings. The number of imide groups is 1. The number of benzene rings is 2. The summed E-state index contributed by atoms with van der Waals surface area (Å²) in [5.74, 6) is 0.652. The van der Waals surface area contributed by atoms with Crippen molar-refractivity contribution in [1.29, 1.82) is 0 Å². The first-order valence-corrected chi connectivity index (χ1v) is 10.3. The molecule has 1 aromatic heterocycles. The molecule has 1 aliphatic heterocycles. The molecule has 2 heterocycles. The Morgan fingerprint density at radius 3 is 2.68 bits per heavy atom. The first kappa shape index (κ1) is 20.6. The van der Waals surface area contributed by atoms with Crippen LogP contribution in [0.2, 0.25) is 0 Å². The Morgan fingerprint density at radius 1 is 1.16 bits per heavy atom. The Kier molecular flexibility index (Phi) is 5.70. The summed E-state index contributed by atoms with van der Waals surface area (Å²) in [6, 6.07) is 13.3. The highest BCUT2D eigenvalue weighted by Gasteiger charge is 2.38. The topological polar surface area (TPSA) is 107 Å². The van der Waals surface area contributed by atoms with E-state index in [-0.39, 0.29) is 18.9 Å². The Morgan fingerprint density at radius 2 is 1.94 bits per heavy atom. The minimum Gasteiger partial charge on any atom is -0.342 e. The molecule has 1 saturated heterocycles. The fourth-order valence-electron chi connectivity index (χ4n) is 3.65. The number of hydrogen-bond donors (Lipinski definition) is 3. The molecule has 0 unspecified atom stereocenters. The smallest absolute Gasteiger partial charge is 0.325 e. The molecule has 0 spiro atoms. The molecular weight excluding hydrogens is 394 g/mol. The zero-order valence-corrected chi connectivity index (χ0v) is 17.5. The van der Waals surface area contributed by atoms with Crippen LogP contribution in [0.3, 0.4) is 0 Å². The van der Waals surface area contributed by atoms with Crippen molar-refractivity contribution in [1.82, 2.24) is 20.2 Å². The minimum atomic E-state index is -0.871. The summed E-state index contributed by atoms with van der Waals surface area (Å²) in [6.45, 7) is 4.44. The molecule has 4 rings (SSSR count). The van der Waals surface area contributed by atoms with Crippen LogP contribution in [0.5, 0.6) is 0 Å². The molecule has 0 aliphatic carbocycles. The number of hydrogen-bond acceptors (Lipinski definition) is 4. The Labute approximate surface area is 180 Å². The molecule has 1 fully saturated rings. The van der Waals surface area contributed by atoms with Gasteiger partial charge in [0.25, 0.3) is 5.91 Å². The van der Waals surface area contributed by atoms with E-state index in [1.807, 2.05) is 42.5 Å². The van der Waals surface area contributed by atoms with Crippen molar-refractivity contribution in [2.24, 2.45) is 5.92 Å². The lowest BCUT2D eigenvalue weighted by molar-refractivity contribution is -0.130. The van der Waals surface area contributed by atoms with Crippen molar-refractivity contribution in [2.45, 2.75) is 39.3 Å². The van der Waals surface area contributed by atoms with Crippen molar-refractivity contribution in [3.05, 3.63) is 59.9 Å². The SMILES string of the molecule is CC(C)Cc1nc2ccc(NC(=O)C[C@H]3NC(=O)N(Cc4ccccc4)C3=O)cc2[nH]1. The summed E-state index contributed by atoms with van der Waals surface area (Å²) < 4.78 is 0. The van der Waals surface area contributed by atoms with Crippen LogP contribution < -0.4 is 10.6 Å². The highest BCUT2D eigenvalue weighted by Crippen LogP contribution is 2.20. The number of fused-ring (bicyclic) bond motifs is 1. The number of aromatic amines is 1. The zero-order valence-electron chi connectivity index (χ0n) is 17.5. The average molecular weight is 419 g/mol. The van der Waals surface area contributed by atoms with Gasteiger partial charge in [-0.25, -0.2) is 9.78 Å². The third kappa shape index (κ3) is 4.74. The molecule has 31 heavy (non-hydrogen) atoms. The van der Waals surface area contributed by atoms with Crippen LogP contribution in [0.1, 0.15) is 31.7 Å². The molecule has 8 heteroatoms. The quantitative estimate of drug-likeness (QED) is 0.511. The van der Waals surface area contributed by atoms with Crippen molar-refractivity contribution >= 4 is 34.6 Å². The standard InChI is InChI=1S/C23H25N5O3/c1-14(2)10-20-25-17-9-8-16(11-18(17)26-20)24-21(29)12-19-22(30)28(23(31)27-19)13-15-6-4-3-5-7-15/h3-9,11,14,19H,10,12-13H2,1-2H3,(H,24,29)(H,25,26)(H,27,31)/t19-/m1/s1. The van der Waals surface area contributed by atoms with Gasteiger partial charge in [-0.05, 0) is 29.7 Å². The minimum absolute atomic E-state index is 0.129. The number of carbonyl (C=O) groups is 3. The number of amides is 4. The fourth-order valence-corrected chi connectivity index (χ4v) is 3.65. The van der Waals surface area contributed by atoms with Gasteiger partial charge in [-0.2, -0.15) is 0 Å². The van der Waals surface area contributed by atoms with Crippen molar-refractivity contribution < 1.29 is 14.4 Å². The first-order chi connectivity index (χ1) is 14.9. The van der Waals surface area contributed by atoms with Gasteiger partial charge >= 0.3 is 6.03 Å². The van der Waals surface area contributed by atoms with E-state index in [0.29, 0.717) is 11.6 Å². The molecule has 1 aliphatic rings. The monoisotopic (exact) mass is 419 g/mol. The van der Waals surface area contributed by atoms with Gasteiger partial charge in [-0.1, -0.05) is 44.2 Å². The lowest BCUT2D eigenvalue weighted by Crippen LogP contribution is -2.34. The number of nitrogens with one attached hydrogen (secondary N) is 3. The summed E-state index contributed by atoms with van der Waals surface area (Å²) in [5, 5.41) is 5.40. The van der Waals surface area contributed by atoms with Crippen LogP contribution >= 0.6 is 0 Å². The maximum atomic E-state index is 12.6. The molecule has 0 bridgehead atoms. The van der Waals surface area contributed by atoms with E-state index in [1.54, 1.807) is 6.07 Å². The van der Waals surface area contributed by atoms with Gasteiger partial charge in [-0.15, -0.1) is 0 Å². The predicted molar refractivity (Wildman–Crippen MR) is 117 cm³/mol. The van der Waals surface area contributed by atoms with Crippen molar-refractivity contribution in [3.8, 4) is 0 Å². The number of rotatable bonds is 7. The van der Waals surface area contributed by atoms with E-state index in [2.05, 4.69) is 34.4 Å². The molecule has 160 valence electrons. The van der Waals surface area contributed by atoms with Crippen LogP contribution in [0, 0.1) is 5.92 Å². The van der Waals surface area contributed by atoms with E-state index in [1.165, 1.54) is 0 Å². The van der Waals surface area contributed by atoms with E-state index in [9.17, 15) is 14.4 Å². The maximum Gasteiger partial charge on any atom is 0.325 e. The van der Waals surface area contributed by atoms with Gasteiger partial charge in [0.15, 0.2) is 0 Å². The molecule has 0 saturated carbocycles. The molecule has 8 nitrogen and oxygen atoms in total. The zero-order chi connectivity index (χ0) is 22.0. The molecular formula is C23H25N5O3. The van der Waals surface area contributed by atoms with E-state index < -0.39 is 18.0 Å². The number of anilines is 1. The highest BCUT2D eigenvalue weighted by molar-refractivity contribution is 6.07. The first-order valence-electron chi connectivity index (χ1n) is 10.3. The number of H-pyrrole nitrogens is 1. The third-order valence-electron chi connectivity index (χ3n) is 5.10. The second-order valence-corrected chi connectivity index (χ2v) is 8.18. The van der Waals surface area contributed by atoms with Gasteiger partial charge in [-0.3, -0.25) is 14.5 Å². The third-order valence-corrected chi connectivity index (χ3v) is 5.10. The number of imidazole rings is 1. The van der Waals surface area contributed by atoms with Gasteiger partial charge in [0.2, 0.25) is 5.91 Å². The van der Waals surface area contributed by atoms with Gasteiger partial charge in [0, 0.05) is 12.1 Å². The summed E-state index contributed by atoms with van der Waals surface area (Å²) in [6.07, 6.45) is 0.717. The predicted octanol–water partition coefficient (Wildman–Crippen LogP) is 3.21. The van der Waals surface area contributed by atoms with Crippen LogP contribution in [-0.2, 0) is 22.6 Å². The molecule has 4 amide bonds. The van der Waals surface area contributed by atoms with E-state index in [4.69, 9.17) is 0 Å². The fraction of sp³-hybridized carbons (Fsp3) is 0.304. The Hall–Kier alpha value is -3.68. The number of aromatic nitrogens is 2. The summed E-state index contributed by atoms with van der Waals surface area (Å²) in [5.41, 5.74) is 3.13. The normalized spacial score (nSPS) is 16.2. The molecule has 1 atom stereocenters. The second kappa shape index (κ2) is 8.59. The lowest BCUT2D eigenvalue weighted by Gasteiger charge is -2.13. The summed E-state index contributed by atoms with van der Waals surface area (Å²) in [7, 11) is 0. The van der Waals surface area contributed by atoms with Crippen molar-refractivity contribution in [3.63, 3.8) is 0 Å². The van der Waals surface area contributed by atoms with E-state index in [0.717, 1.165) is 33.7 Å². The van der Waals surface area contributed by atoms with Crippen LogP contribution in [0.4, 0.5) is 10.5 Å². The number of urea groups is 1. The Balaban J connectivity index is 1.38. The van der Waals surface area contributed by atoms with Gasteiger partial charge in [0.1, 0.15) is 11.9 Å². The average Bonchev–Trinajstić information content (AvgIpc) is 3.23. The number of nitrogens with zero attached hydrogens (tertiary/aromatic N) is 2. The maximum absolute atomic E-state index is 12.6. The van der Waals surface area contributed by atoms with Gasteiger partial charge < -0.3 is 15.6 Å². The lowest BCUT2D eigenvalue weighted by atomic mass is 10.1. The van der Waals surface area contributed by atoms with Crippen molar-refractivity contribution in [2.75, 3.05) is 5.32 Å².